The zero-order chi connectivity index (χ0) is 41.8. The minimum absolute atomic E-state index is 0.186. The van der Waals surface area contributed by atoms with E-state index in [0.29, 0.717) is 12.8 Å². The lowest BCUT2D eigenvalue weighted by Crippen LogP contribution is -2.60. The second-order valence-electron chi connectivity index (χ2n) is 15.9. The molecular weight excluding hydrogens is 728 g/mol. The van der Waals surface area contributed by atoms with Crippen LogP contribution in [0.5, 0.6) is 0 Å². The number of allylic oxidation sites excluding steroid dienone is 4. The third-order valence-electron chi connectivity index (χ3n) is 10.6. The Hall–Kier alpha value is -2.31. The van der Waals surface area contributed by atoms with Crippen LogP contribution < -0.4 is 0 Å². The molecule has 1 aliphatic heterocycles. The smallest absolute Gasteiger partial charge is 0.335 e. The third-order valence-corrected chi connectivity index (χ3v) is 10.6. The van der Waals surface area contributed by atoms with Crippen LogP contribution in [0.1, 0.15) is 200 Å². The molecule has 0 aromatic carbocycles. The fraction of sp³-hybridized carbons (Fsp3) is 0.848. The molecule has 0 bridgehead atoms. The Kier molecular flexibility index (Phi) is 34.0. The number of unbranched alkanes of at least 4 members (excludes halogenated alkanes) is 23. The van der Waals surface area contributed by atoms with Gasteiger partial charge in [0.25, 0.3) is 0 Å². The predicted octanol–water partition coefficient (Wildman–Crippen LogP) is 9.82. The van der Waals surface area contributed by atoms with Crippen LogP contribution in [0.2, 0.25) is 0 Å². The first-order valence-corrected chi connectivity index (χ1v) is 22.9. The molecular formula is C46H82O11. The summed E-state index contributed by atoms with van der Waals surface area (Å²) in [5.74, 6) is -2.44. The molecule has 332 valence electrons. The first-order chi connectivity index (χ1) is 27.7. The fourth-order valence-electron chi connectivity index (χ4n) is 6.91. The van der Waals surface area contributed by atoms with Gasteiger partial charge in [0.15, 0.2) is 18.5 Å². The van der Waals surface area contributed by atoms with Gasteiger partial charge in [-0.2, -0.15) is 0 Å². The minimum Gasteiger partial charge on any atom is -0.479 e. The second kappa shape index (κ2) is 36.7. The van der Waals surface area contributed by atoms with Crippen molar-refractivity contribution in [3.63, 3.8) is 0 Å². The summed E-state index contributed by atoms with van der Waals surface area (Å²) in [5.41, 5.74) is 0. The van der Waals surface area contributed by atoms with Gasteiger partial charge in [-0.1, -0.05) is 167 Å². The Morgan fingerprint density at radius 1 is 0.544 bits per heavy atom. The number of aliphatic carboxylic acids is 1. The van der Waals surface area contributed by atoms with Crippen molar-refractivity contribution in [3.8, 4) is 0 Å². The molecule has 4 N–H and O–H groups in total. The van der Waals surface area contributed by atoms with Crippen molar-refractivity contribution in [2.24, 2.45) is 0 Å². The molecule has 11 heteroatoms. The van der Waals surface area contributed by atoms with Crippen LogP contribution in [-0.4, -0.2) is 88.4 Å². The summed E-state index contributed by atoms with van der Waals surface area (Å²) in [5, 5.41) is 39.8. The first kappa shape index (κ1) is 52.7. The molecule has 1 saturated heterocycles. The van der Waals surface area contributed by atoms with Gasteiger partial charge < -0.3 is 39.4 Å². The van der Waals surface area contributed by atoms with Crippen LogP contribution in [0, 0.1) is 0 Å². The molecule has 6 unspecified atom stereocenters. The highest BCUT2D eigenvalue weighted by molar-refractivity contribution is 5.73. The van der Waals surface area contributed by atoms with Crippen LogP contribution in [-0.2, 0) is 33.3 Å². The zero-order valence-electron chi connectivity index (χ0n) is 35.8. The number of carbonyl (C=O) groups is 3. The molecule has 1 rings (SSSR count). The molecule has 0 aliphatic carbocycles. The minimum atomic E-state index is -1.86. The Bertz CT molecular complexity index is 1050. The first-order valence-electron chi connectivity index (χ1n) is 22.9. The summed E-state index contributed by atoms with van der Waals surface area (Å²) >= 11 is 0. The van der Waals surface area contributed by atoms with E-state index in [1.54, 1.807) is 0 Å². The highest BCUT2D eigenvalue weighted by Gasteiger charge is 2.47. The summed E-state index contributed by atoms with van der Waals surface area (Å²) in [7, 11) is 0. The van der Waals surface area contributed by atoms with Gasteiger partial charge in [-0.05, 0) is 44.9 Å². The maximum atomic E-state index is 12.7. The normalized spacial score (nSPS) is 20.3. The largest absolute Gasteiger partial charge is 0.479 e. The van der Waals surface area contributed by atoms with Gasteiger partial charge >= 0.3 is 17.9 Å². The average Bonchev–Trinajstić information content (AvgIpc) is 3.19. The lowest BCUT2D eigenvalue weighted by molar-refractivity contribution is -0.298. The molecule has 0 aromatic rings. The Labute approximate surface area is 345 Å². The monoisotopic (exact) mass is 811 g/mol. The van der Waals surface area contributed by atoms with Crippen molar-refractivity contribution in [1.82, 2.24) is 0 Å². The average molecular weight is 811 g/mol. The lowest BCUT2D eigenvalue weighted by Gasteiger charge is -2.38. The molecule has 1 fully saturated rings. The van der Waals surface area contributed by atoms with Crippen LogP contribution in [0.25, 0.3) is 0 Å². The number of carboxylic acid groups (broad SMARTS) is 1. The maximum absolute atomic E-state index is 12.7. The molecule has 1 aliphatic rings. The summed E-state index contributed by atoms with van der Waals surface area (Å²) in [4.78, 5) is 36.8. The second-order valence-corrected chi connectivity index (χ2v) is 15.9. The summed E-state index contributed by atoms with van der Waals surface area (Å²) in [6.45, 7) is 3.79. The fourth-order valence-corrected chi connectivity index (χ4v) is 6.91. The van der Waals surface area contributed by atoms with E-state index in [1.807, 2.05) is 0 Å². The summed E-state index contributed by atoms with van der Waals surface area (Å²) in [6, 6.07) is 0. The summed E-state index contributed by atoms with van der Waals surface area (Å²) < 4.78 is 21.7. The van der Waals surface area contributed by atoms with Crippen LogP contribution >= 0.6 is 0 Å². The van der Waals surface area contributed by atoms with E-state index in [-0.39, 0.29) is 26.1 Å². The van der Waals surface area contributed by atoms with Crippen molar-refractivity contribution in [1.29, 1.82) is 0 Å². The highest BCUT2D eigenvalue weighted by Crippen LogP contribution is 2.23. The van der Waals surface area contributed by atoms with E-state index in [4.69, 9.17) is 18.9 Å². The molecule has 0 radical (unpaired) electrons. The van der Waals surface area contributed by atoms with Crippen molar-refractivity contribution in [2.75, 3.05) is 13.2 Å². The van der Waals surface area contributed by atoms with E-state index in [1.165, 1.54) is 109 Å². The van der Waals surface area contributed by atoms with Gasteiger partial charge in [-0.25, -0.2) is 4.79 Å². The molecule has 0 spiro atoms. The van der Waals surface area contributed by atoms with Crippen molar-refractivity contribution >= 4 is 17.9 Å². The van der Waals surface area contributed by atoms with Gasteiger partial charge in [0.2, 0.25) is 0 Å². The highest BCUT2D eigenvalue weighted by atomic mass is 16.7. The number of carboxylic acids is 1. The Morgan fingerprint density at radius 3 is 1.49 bits per heavy atom. The summed E-state index contributed by atoms with van der Waals surface area (Å²) in [6.07, 6.45) is 30.8. The van der Waals surface area contributed by atoms with Crippen molar-refractivity contribution < 1.29 is 53.8 Å². The number of hydrogen-bond donors (Lipinski definition) is 4. The number of ether oxygens (including phenoxy) is 4. The molecule has 0 amide bonds. The van der Waals surface area contributed by atoms with E-state index in [9.17, 15) is 34.8 Å². The number of esters is 2. The van der Waals surface area contributed by atoms with Crippen LogP contribution in [0.4, 0.5) is 0 Å². The maximum Gasteiger partial charge on any atom is 0.335 e. The standard InChI is InChI=1S/C46H82O11/c1-3-5-7-9-11-13-15-17-18-19-20-21-22-23-25-26-28-30-32-34-39(47)54-36-38(37-55-46-43(51)41(49)42(50)44(57-46)45(52)53)56-40(48)35-33-31-29-27-24-16-14-12-10-8-6-4-2/h11,13,17-18,38,41-44,46,49-51H,3-10,12,14-16,19-37H2,1-2H3,(H,52,53)/b13-11-,18-17-. The van der Waals surface area contributed by atoms with Gasteiger partial charge in [0, 0.05) is 12.8 Å². The number of aliphatic hydroxyl groups is 3. The lowest BCUT2D eigenvalue weighted by atomic mass is 9.99. The third kappa shape index (κ3) is 28.7. The van der Waals surface area contributed by atoms with Crippen molar-refractivity contribution in [3.05, 3.63) is 24.3 Å². The van der Waals surface area contributed by atoms with Crippen LogP contribution in [0.3, 0.4) is 0 Å². The van der Waals surface area contributed by atoms with E-state index < -0.39 is 54.7 Å². The number of aliphatic hydroxyl groups excluding tert-OH is 3. The molecule has 0 aromatic heterocycles. The van der Waals surface area contributed by atoms with Gasteiger partial charge in [0.1, 0.15) is 24.9 Å². The number of hydrogen-bond acceptors (Lipinski definition) is 10. The van der Waals surface area contributed by atoms with E-state index in [2.05, 4.69) is 38.2 Å². The Balaban J connectivity index is 2.33. The molecule has 0 saturated carbocycles. The number of rotatable bonds is 38. The SMILES string of the molecule is CCCCC/C=C\C/C=C\CCCCCCCCCCCC(=O)OCC(COC1OC(C(=O)O)C(O)C(O)C1O)OC(=O)CCCCCCCCCCCCCC. The van der Waals surface area contributed by atoms with Gasteiger partial charge in [-0.3, -0.25) is 9.59 Å². The van der Waals surface area contributed by atoms with E-state index >= 15 is 0 Å². The number of carbonyl (C=O) groups excluding carboxylic acids is 2. The van der Waals surface area contributed by atoms with Gasteiger partial charge in [0.05, 0.1) is 6.61 Å². The molecule has 6 atom stereocenters. The topological polar surface area (TPSA) is 169 Å². The quantitative estimate of drug-likeness (QED) is 0.0266. The van der Waals surface area contributed by atoms with E-state index in [0.717, 1.165) is 51.4 Å². The predicted molar refractivity (Wildman–Crippen MR) is 225 cm³/mol. The molecule has 57 heavy (non-hydrogen) atoms. The van der Waals surface area contributed by atoms with Gasteiger partial charge in [-0.15, -0.1) is 0 Å². The molecule has 1 heterocycles. The molecule has 11 nitrogen and oxygen atoms in total. The zero-order valence-corrected chi connectivity index (χ0v) is 35.8. The Morgan fingerprint density at radius 2 is 0.982 bits per heavy atom. The van der Waals surface area contributed by atoms with Crippen molar-refractivity contribution in [2.45, 2.75) is 237 Å². The van der Waals surface area contributed by atoms with Crippen LogP contribution in [0.15, 0.2) is 24.3 Å².